The molecule has 0 nitrogen and oxygen atoms in total. The molecule has 0 unspecified atom stereocenters. The fourth-order valence-electron chi connectivity index (χ4n) is 2.30. The summed E-state index contributed by atoms with van der Waals surface area (Å²) in [6.07, 6.45) is 0. The van der Waals surface area contributed by atoms with Crippen molar-refractivity contribution in [2.45, 2.75) is 39.3 Å². The maximum absolute atomic E-state index is 2.48. The number of fused-ring (bicyclic) bond motifs is 3. The van der Waals surface area contributed by atoms with Crippen LogP contribution in [0, 0.1) is 0 Å². The summed E-state index contributed by atoms with van der Waals surface area (Å²) < 4.78 is 6.28. The fourth-order valence-corrected chi connectivity index (χ4v) is 8.38. The standard InChI is InChI=1S/C15H21S2Si2.Li/c1-18(2,3)14-7-10-11-8-15(19(4,5)6)17-13(11)9-12(10)16-14;/h7-9H,1-6H3;/q-1;+1. The quantitative estimate of drug-likeness (QED) is 0.498. The van der Waals surface area contributed by atoms with Gasteiger partial charge >= 0.3 is 18.9 Å². The van der Waals surface area contributed by atoms with Gasteiger partial charge in [0.25, 0.3) is 0 Å². The van der Waals surface area contributed by atoms with Crippen LogP contribution in [0.2, 0.25) is 39.3 Å². The van der Waals surface area contributed by atoms with Gasteiger partial charge < -0.3 is 0 Å². The Morgan fingerprint density at radius 1 is 0.750 bits per heavy atom. The first-order valence-corrected chi connectivity index (χ1v) is 15.4. The van der Waals surface area contributed by atoms with E-state index in [9.17, 15) is 0 Å². The summed E-state index contributed by atoms with van der Waals surface area (Å²) in [5, 5.41) is 3.02. The molecule has 0 N–H and O–H groups in total. The normalized spacial score (nSPS) is 13.1. The zero-order chi connectivity index (χ0) is 14.0. The molecule has 5 heteroatoms. The third kappa shape index (κ3) is 2.79. The summed E-state index contributed by atoms with van der Waals surface area (Å²) in [7, 11) is -2.33. The summed E-state index contributed by atoms with van der Waals surface area (Å²) in [5.41, 5.74) is 0. The summed E-state index contributed by atoms with van der Waals surface area (Å²) in [6, 6.07) is 7.39. The van der Waals surface area contributed by atoms with Crippen molar-refractivity contribution in [3.05, 3.63) is 18.2 Å². The summed E-state index contributed by atoms with van der Waals surface area (Å²) in [5.74, 6) is 0. The topological polar surface area (TPSA) is 0 Å². The number of thiophene rings is 2. The average molecular weight is 329 g/mol. The molecule has 0 amide bonds. The van der Waals surface area contributed by atoms with Gasteiger partial charge in [0.15, 0.2) is 0 Å². The number of rotatable bonds is 2. The Balaban J connectivity index is 0.00000147. The molecular formula is C15H21LiS2Si2. The van der Waals surface area contributed by atoms with E-state index in [1.807, 2.05) is 22.7 Å². The minimum atomic E-state index is -1.17. The van der Waals surface area contributed by atoms with Crippen molar-refractivity contribution in [3.63, 3.8) is 0 Å². The van der Waals surface area contributed by atoms with E-state index in [-0.39, 0.29) is 18.9 Å². The molecule has 2 aromatic heterocycles. The summed E-state index contributed by atoms with van der Waals surface area (Å²) >= 11 is 4.06. The van der Waals surface area contributed by atoms with E-state index < -0.39 is 16.1 Å². The van der Waals surface area contributed by atoms with E-state index in [1.165, 1.54) is 20.2 Å². The van der Waals surface area contributed by atoms with Crippen molar-refractivity contribution in [1.29, 1.82) is 0 Å². The van der Waals surface area contributed by atoms with Gasteiger partial charge in [-0.3, -0.25) is 0 Å². The minimum Gasteiger partial charge on any atom is -0.174 e. The van der Waals surface area contributed by atoms with Gasteiger partial charge in [0.2, 0.25) is 0 Å². The molecule has 0 saturated heterocycles. The van der Waals surface area contributed by atoms with Gasteiger partial charge in [-0.1, -0.05) is 48.7 Å². The predicted octanol–water partition coefficient (Wildman–Crippen LogP) is 1.93. The number of hydrogen-bond acceptors (Lipinski definition) is 2. The maximum Gasteiger partial charge on any atom is 1.00 e. The third-order valence-corrected chi connectivity index (χ3v) is 12.9. The molecule has 3 rings (SSSR count). The van der Waals surface area contributed by atoms with Gasteiger partial charge in [0.05, 0.1) is 16.1 Å². The molecule has 1 aromatic carbocycles. The maximum atomic E-state index is 2.48. The Bertz CT molecular complexity index is 687. The Kier molecular flexibility index (Phi) is 4.32. The molecule has 20 heavy (non-hydrogen) atoms. The molecule has 0 aliphatic carbocycles. The number of hydrogen-bond donors (Lipinski definition) is 0. The largest absolute Gasteiger partial charge is 1.00 e. The van der Waals surface area contributed by atoms with Crippen molar-refractivity contribution < 1.29 is 18.9 Å². The third-order valence-electron chi connectivity index (χ3n) is 3.55. The molecule has 0 atom stereocenters. The summed E-state index contributed by atoms with van der Waals surface area (Å²) in [6.45, 7) is 14.6. The molecule has 0 bridgehead atoms. The van der Waals surface area contributed by atoms with Gasteiger partial charge in [0, 0.05) is 0 Å². The van der Waals surface area contributed by atoms with Crippen LogP contribution >= 0.6 is 22.7 Å². The van der Waals surface area contributed by atoms with E-state index in [1.54, 1.807) is 9.00 Å². The van der Waals surface area contributed by atoms with Crippen LogP contribution < -0.4 is 27.9 Å². The van der Waals surface area contributed by atoms with Crippen molar-refractivity contribution in [1.82, 2.24) is 0 Å². The van der Waals surface area contributed by atoms with E-state index in [4.69, 9.17) is 0 Å². The average Bonchev–Trinajstić information content (AvgIpc) is 2.81. The molecule has 0 saturated carbocycles. The molecule has 102 valence electrons. The zero-order valence-electron chi connectivity index (χ0n) is 13.5. The first-order chi connectivity index (χ1) is 8.66. The fraction of sp³-hybridized carbons (Fsp3) is 0.400. The molecule has 0 spiro atoms. The molecule has 0 aliphatic heterocycles. The second-order valence-corrected chi connectivity index (χ2v) is 20.4. The second kappa shape index (κ2) is 5.19. The first kappa shape index (κ1) is 16.7. The van der Waals surface area contributed by atoms with Crippen molar-refractivity contribution in [2.24, 2.45) is 0 Å². The van der Waals surface area contributed by atoms with Crippen LogP contribution in [0.4, 0.5) is 0 Å². The van der Waals surface area contributed by atoms with Crippen LogP contribution in [0.3, 0.4) is 0 Å². The van der Waals surface area contributed by atoms with Crippen molar-refractivity contribution in [3.8, 4) is 0 Å². The van der Waals surface area contributed by atoms with Crippen LogP contribution in [0.25, 0.3) is 20.2 Å². The van der Waals surface area contributed by atoms with Crippen molar-refractivity contribution in [2.75, 3.05) is 0 Å². The van der Waals surface area contributed by atoms with Crippen LogP contribution in [-0.4, -0.2) is 16.1 Å². The SMILES string of the molecule is C[Si](C)(C)c1cc2c([cH-]c3sc([Si](C)(C)C)cc32)s1.[Li+]. The van der Waals surface area contributed by atoms with E-state index >= 15 is 0 Å². The van der Waals surface area contributed by atoms with Crippen LogP contribution in [0.5, 0.6) is 0 Å². The Morgan fingerprint density at radius 3 is 1.40 bits per heavy atom. The van der Waals surface area contributed by atoms with Crippen molar-refractivity contribution >= 4 is 68.0 Å². The van der Waals surface area contributed by atoms with Crippen LogP contribution in [0.1, 0.15) is 0 Å². The molecule has 0 fully saturated rings. The van der Waals surface area contributed by atoms with Crippen LogP contribution in [0.15, 0.2) is 18.2 Å². The molecular weight excluding hydrogens is 307 g/mol. The minimum absolute atomic E-state index is 0. The Labute approximate surface area is 143 Å². The van der Waals surface area contributed by atoms with E-state index in [0.29, 0.717) is 0 Å². The zero-order valence-corrected chi connectivity index (χ0v) is 17.2. The van der Waals surface area contributed by atoms with Gasteiger partial charge in [0.1, 0.15) is 0 Å². The molecule has 3 aromatic rings. The second-order valence-electron chi connectivity index (χ2n) is 7.42. The van der Waals surface area contributed by atoms with Gasteiger partial charge in [-0.05, 0) is 9.00 Å². The Hall–Kier alpha value is 0.301. The monoisotopic (exact) mass is 328 g/mol. The van der Waals surface area contributed by atoms with Gasteiger partial charge in [-0.2, -0.15) is 33.4 Å². The molecule has 2 heterocycles. The van der Waals surface area contributed by atoms with E-state index in [0.717, 1.165) is 0 Å². The van der Waals surface area contributed by atoms with Gasteiger partial charge in [-0.15, -0.1) is 18.2 Å². The van der Waals surface area contributed by atoms with Crippen LogP contribution in [-0.2, 0) is 0 Å². The summed E-state index contributed by atoms with van der Waals surface area (Å²) in [4.78, 5) is 0. The predicted molar refractivity (Wildman–Crippen MR) is 98.8 cm³/mol. The smallest absolute Gasteiger partial charge is 0.174 e. The van der Waals surface area contributed by atoms with E-state index in [2.05, 4.69) is 57.5 Å². The molecule has 0 aliphatic rings. The first-order valence-electron chi connectivity index (χ1n) is 6.80. The Morgan fingerprint density at radius 2 is 1.10 bits per heavy atom. The van der Waals surface area contributed by atoms with Gasteiger partial charge in [-0.25, -0.2) is 0 Å². The molecule has 0 radical (unpaired) electrons.